The van der Waals surface area contributed by atoms with E-state index in [2.05, 4.69) is 73.6 Å². The molecule has 6 nitrogen and oxygen atoms in total. The highest BCUT2D eigenvalue weighted by Crippen LogP contribution is 2.13. The van der Waals surface area contributed by atoms with Gasteiger partial charge in [0.05, 0.1) is 11.4 Å². The fraction of sp³-hybridized carbons (Fsp3) is 0.120. The van der Waals surface area contributed by atoms with Gasteiger partial charge in [-0.05, 0) is 68.3 Å². The third kappa shape index (κ3) is 9.68. The summed E-state index contributed by atoms with van der Waals surface area (Å²) in [6.07, 6.45) is 0. The predicted octanol–water partition coefficient (Wildman–Crippen LogP) is 3.06. The molecule has 0 amide bonds. The highest BCUT2D eigenvalue weighted by molar-refractivity contribution is 9.11. The van der Waals surface area contributed by atoms with Gasteiger partial charge in [0.25, 0.3) is 0 Å². The Balaban J connectivity index is 0.00000432. The number of hydrazone groups is 1. The van der Waals surface area contributed by atoms with Gasteiger partial charge in [-0.3, -0.25) is 0 Å². The summed E-state index contributed by atoms with van der Waals surface area (Å²) in [6.45, 7) is 5.79. The van der Waals surface area contributed by atoms with Crippen molar-refractivity contribution in [2.75, 3.05) is 0 Å². The Morgan fingerprint density at radius 2 is 1.00 bits per heavy atom. The molecular weight excluding hydrogens is 751 g/mol. The zero-order valence-corrected chi connectivity index (χ0v) is 26.2. The van der Waals surface area contributed by atoms with E-state index in [0.717, 1.165) is 47.2 Å². The van der Waals surface area contributed by atoms with Crippen LogP contribution < -0.4 is 34.8 Å². The van der Waals surface area contributed by atoms with E-state index in [9.17, 15) is 0 Å². The van der Waals surface area contributed by atoms with Gasteiger partial charge in [0.2, 0.25) is 0 Å². The molecule has 0 bridgehead atoms. The second-order valence-corrected chi connectivity index (χ2v) is 10.1. The summed E-state index contributed by atoms with van der Waals surface area (Å²) < 4.78 is 3.05. The lowest BCUT2D eigenvalue weighted by Gasteiger charge is -2.04. The summed E-state index contributed by atoms with van der Waals surface area (Å²) in [6, 6.07) is 23.9. The first-order valence-electron chi connectivity index (χ1n) is 10.4. The van der Waals surface area contributed by atoms with Crippen molar-refractivity contribution < 1.29 is 29.4 Å². The summed E-state index contributed by atoms with van der Waals surface area (Å²) in [7, 11) is 0. The van der Waals surface area contributed by atoms with Gasteiger partial charge in [0.1, 0.15) is 5.71 Å². The molecule has 10 heteroatoms. The van der Waals surface area contributed by atoms with Crippen LogP contribution in [0.5, 0.6) is 0 Å². The average Bonchev–Trinajstić information content (AvgIpc) is 2.84. The zero-order valence-electron chi connectivity index (χ0n) is 19.3. The fourth-order valence-electron chi connectivity index (χ4n) is 2.78. The summed E-state index contributed by atoms with van der Waals surface area (Å²) >= 11 is 10.4. The number of nitrogens with two attached hydrogens (primary N) is 1. The van der Waals surface area contributed by atoms with Gasteiger partial charge in [0, 0.05) is 19.0 Å². The van der Waals surface area contributed by atoms with E-state index in [4.69, 9.17) is 0 Å². The van der Waals surface area contributed by atoms with Crippen LogP contribution in [0.25, 0.3) is 0 Å². The summed E-state index contributed by atoms with van der Waals surface area (Å²) in [4.78, 5) is 0. The van der Waals surface area contributed by atoms with E-state index in [-0.39, 0.29) is 24.0 Å². The smallest absolute Gasteiger partial charge is 0.365 e. The van der Waals surface area contributed by atoms with Gasteiger partial charge in [-0.1, -0.05) is 94.4 Å². The number of nitrogens with zero attached hydrogens (tertiary/aromatic N) is 4. The number of benzene rings is 3. The Bertz CT molecular complexity index is 1170. The van der Waals surface area contributed by atoms with Gasteiger partial charge in [-0.25, -0.2) is 5.43 Å². The van der Waals surface area contributed by atoms with Crippen molar-refractivity contribution in [1.29, 1.82) is 0 Å². The Labute approximate surface area is 247 Å². The molecule has 35 heavy (non-hydrogen) atoms. The van der Waals surface area contributed by atoms with E-state index >= 15 is 0 Å². The number of quaternary nitrogens is 1. The van der Waals surface area contributed by atoms with Gasteiger partial charge in [-0.15, -0.1) is 5.10 Å². The SMILES string of the molecule is CC(=N/N=C(\NN=C(C)c1ccc(Br)cc1)[NH2+]N=C(C)c1ccc(Br)cc1)c1ccc(Br)cc1.[I-]. The lowest BCUT2D eigenvalue weighted by molar-refractivity contribution is -0.549. The summed E-state index contributed by atoms with van der Waals surface area (Å²) in [5.74, 6) is 0.421. The van der Waals surface area contributed by atoms with Crippen LogP contribution in [0.1, 0.15) is 37.5 Å². The largest absolute Gasteiger partial charge is 1.00 e. The molecule has 0 radical (unpaired) electrons. The molecule has 0 aliphatic heterocycles. The molecule has 0 heterocycles. The van der Waals surface area contributed by atoms with Crippen LogP contribution in [0.3, 0.4) is 0 Å². The maximum Gasteiger partial charge on any atom is 0.365 e. The molecule has 3 aromatic carbocycles. The van der Waals surface area contributed by atoms with Gasteiger partial charge in [0.15, 0.2) is 0 Å². The molecule has 0 saturated heterocycles. The van der Waals surface area contributed by atoms with Crippen molar-refractivity contribution in [3.8, 4) is 0 Å². The topological polar surface area (TPSA) is 78.1 Å². The first-order chi connectivity index (χ1) is 16.3. The van der Waals surface area contributed by atoms with Gasteiger partial charge in [-0.2, -0.15) is 10.5 Å². The Kier molecular flexibility index (Phi) is 12.4. The molecule has 0 unspecified atom stereocenters. The normalized spacial score (nSPS) is 12.9. The minimum atomic E-state index is 0. The van der Waals surface area contributed by atoms with Crippen molar-refractivity contribution in [2.24, 2.45) is 20.4 Å². The monoisotopic (exact) mass is 772 g/mol. The Morgan fingerprint density at radius 1 is 0.600 bits per heavy atom. The van der Waals surface area contributed by atoms with E-state index in [1.807, 2.05) is 93.6 Å². The fourth-order valence-corrected chi connectivity index (χ4v) is 3.57. The zero-order chi connectivity index (χ0) is 24.5. The molecule has 0 aliphatic rings. The molecule has 0 fully saturated rings. The van der Waals surface area contributed by atoms with E-state index < -0.39 is 0 Å². The minimum absolute atomic E-state index is 0. The molecule has 0 aromatic heterocycles. The van der Waals surface area contributed by atoms with E-state index in [0.29, 0.717) is 5.96 Å². The summed E-state index contributed by atoms with van der Waals surface area (Å²) in [5, 5.41) is 17.8. The standard InChI is InChI=1S/C25H23Br3N6.HI/c1-16(19-4-10-22(26)11-5-19)29-32-25(33-30-17(2)20-6-12-23(27)13-7-20)34-31-18(3)21-8-14-24(28)15-9-21;/h4-15H,1-3H3,(H2,32,33,34);1H. The van der Waals surface area contributed by atoms with E-state index in [1.54, 1.807) is 5.43 Å². The molecule has 3 aromatic rings. The van der Waals surface area contributed by atoms with Crippen molar-refractivity contribution in [1.82, 2.24) is 5.43 Å². The highest BCUT2D eigenvalue weighted by Gasteiger charge is 2.07. The van der Waals surface area contributed by atoms with E-state index in [1.165, 1.54) is 0 Å². The number of rotatable bonds is 6. The number of nitrogens with one attached hydrogen (secondary N) is 1. The van der Waals surface area contributed by atoms with Crippen LogP contribution in [-0.4, -0.2) is 23.1 Å². The van der Waals surface area contributed by atoms with Crippen molar-refractivity contribution in [2.45, 2.75) is 20.8 Å². The van der Waals surface area contributed by atoms with Crippen LogP contribution in [0.15, 0.2) is 107 Å². The maximum atomic E-state index is 4.58. The molecular formula is C25H24Br3IN6. The highest BCUT2D eigenvalue weighted by atomic mass is 127. The molecule has 182 valence electrons. The molecule has 0 saturated carbocycles. The lowest BCUT2D eigenvalue weighted by atomic mass is 10.1. The van der Waals surface area contributed by atoms with Crippen molar-refractivity contribution in [3.05, 3.63) is 103 Å². The molecule has 3 N–H and O–H groups in total. The number of guanidine groups is 1. The quantitative estimate of drug-likeness (QED) is 0.131. The number of hydrogen-bond donors (Lipinski definition) is 2. The van der Waals surface area contributed by atoms with Crippen molar-refractivity contribution >= 4 is 70.9 Å². The molecule has 0 atom stereocenters. The van der Waals surface area contributed by atoms with Crippen LogP contribution in [0.2, 0.25) is 0 Å². The maximum absolute atomic E-state index is 4.58. The van der Waals surface area contributed by atoms with Crippen LogP contribution in [0.4, 0.5) is 0 Å². The summed E-state index contributed by atoms with van der Waals surface area (Å²) in [5.41, 5.74) is 10.1. The second-order valence-electron chi connectivity index (χ2n) is 7.34. The average molecular weight is 775 g/mol. The third-order valence-corrected chi connectivity index (χ3v) is 6.40. The number of hydrogen-bond acceptors (Lipinski definition) is 4. The molecule has 3 rings (SSSR count). The van der Waals surface area contributed by atoms with Crippen molar-refractivity contribution in [3.63, 3.8) is 0 Å². The molecule has 0 aliphatic carbocycles. The first-order valence-corrected chi connectivity index (χ1v) is 12.8. The predicted molar refractivity (Wildman–Crippen MR) is 152 cm³/mol. The lowest BCUT2D eigenvalue weighted by Crippen LogP contribution is -3.00. The Morgan fingerprint density at radius 3 is 1.46 bits per heavy atom. The first kappa shape index (κ1) is 29.5. The molecule has 0 spiro atoms. The van der Waals surface area contributed by atoms with Gasteiger partial charge >= 0.3 is 5.96 Å². The Hall–Kier alpha value is -1.73. The second kappa shape index (κ2) is 14.7. The third-order valence-electron chi connectivity index (χ3n) is 4.81. The minimum Gasteiger partial charge on any atom is -1.00 e. The van der Waals surface area contributed by atoms with Gasteiger partial charge < -0.3 is 24.0 Å². The van der Waals surface area contributed by atoms with Crippen LogP contribution in [0, 0.1) is 0 Å². The van der Waals surface area contributed by atoms with Crippen LogP contribution in [-0.2, 0) is 0 Å². The number of halogens is 4. The van der Waals surface area contributed by atoms with Crippen LogP contribution >= 0.6 is 47.8 Å².